The summed E-state index contributed by atoms with van der Waals surface area (Å²) in [7, 11) is 0. The fourth-order valence-electron chi connectivity index (χ4n) is 2.50. The lowest BCUT2D eigenvalue weighted by Crippen LogP contribution is -2.20. The highest BCUT2D eigenvalue weighted by Crippen LogP contribution is 2.31. The van der Waals surface area contributed by atoms with E-state index in [1.165, 1.54) is 11.6 Å². The van der Waals surface area contributed by atoms with E-state index in [4.69, 9.17) is 5.73 Å². The number of nitrogens with zero attached hydrogens (tertiary/aromatic N) is 1. The number of anilines is 2. The Balaban J connectivity index is 1.90. The lowest BCUT2D eigenvalue weighted by molar-refractivity contribution is 0.627. The summed E-state index contributed by atoms with van der Waals surface area (Å²) in [6, 6.07) is 10.8. The van der Waals surface area contributed by atoms with Crippen molar-refractivity contribution in [3.05, 3.63) is 57.8 Å². The molecule has 2 N–H and O–H groups in total. The van der Waals surface area contributed by atoms with Gasteiger partial charge in [-0.05, 0) is 47.9 Å². The maximum atomic E-state index is 13.4. The molecule has 98 valence electrons. The number of halogens is 2. The monoisotopic (exact) mass is 320 g/mol. The van der Waals surface area contributed by atoms with Crippen LogP contribution in [0.5, 0.6) is 0 Å². The first-order valence-electron chi connectivity index (χ1n) is 6.21. The number of hydrogen-bond acceptors (Lipinski definition) is 2. The molecule has 0 fully saturated rings. The Morgan fingerprint density at radius 1 is 1.21 bits per heavy atom. The van der Waals surface area contributed by atoms with Crippen LogP contribution in [0.1, 0.15) is 11.1 Å². The van der Waals surface area contributed by atoms with Crippen molar-refractivity contribution in [1.82, 2.24) is 0 Å². The molecule has 0 unspecified atom stereocenters. The van der Waals surface area contributed by atoms with Gasteiger partial charge in [0, 0.05) is 28.9 Å². The first-order chi connectivity index (χ1) is 9.13. The largest absolute Gasteiger partial charge is 0.399 e. The normalized spacial score (nSPS) is 13.7. The Kier molecular flexibility index (Phi) is 3.19. The summed E-state index contributed by atoms with van der Waals surface area (Å²) in [6.07, 6.45) is 0.968. The molecular weight excluding hydrogens is 307 g/mol. The highest BCUT2D eigenvalue weighted by Gasteiger charge is 2.20. The quantitative estimate of drug-likeness (QED) is 0.854. The van der Waals surface area contributed by atoms with Crippen LogP contribution in [-0.4, -0.2) is 6.54 Å². The predicted molar refractivity (Wildman–Crippen MR) is 79.7 cm³/mol. The Morgan fingerprint density at radius 3 is 2.89 bits per heavy atom. The van der Waals surface area contributed by atoms with Crippen LogP contribution >= 0.6 is 15.9 Å². The Morgan fingerprint density at radius 2 is 2.05 bits per heavy atom. The first kappa shape index (κ1) is 12.5. The van der Waals surface area contributed by atoms with Gasteiger partial charge in [0.2, 0.25) is 0 Å². The van der Waals surface area contributed by atoms with Crippen molar-refractivity contribution in [2.45, 2.75) is 13.0 Å². The predicted octanol–water partition coefficient (Wildman–Crippen LogP) is 3.73. The molecule has 2 nitrogen and oxygen atoms in total. The molecule has 0 atom stereocenters. The van der Waals surface area contributed by atoms with Gasteiger partial charge in [-0.3, -0.25) is 0 Å². The lowest BCUT2D eigenvalue weighted by Gasteiger charge is -2.20. The Labute approximate surface area is 120 Å². The summed E-state index contributed by atoms with van der Waals surface area (Å²) in [4.78, 5) is 2.19. The molecular formula is C15H14BrFN2. The zero-order valence-corrected chi connectivity index (χ0v) is 12.0. The van der Waals surface area contributed by atoms with Crippen molar-refractivity contribution in [3.63, 3.8) is 0 Å². The fourth-order valence-corrected chi connectivity index (χ4v) is 2.88. The molecule has 19 heavy (non-hydrogen) atoms. The molecule has 0 saturated heterocycles. The van der Waals surface area contributed by atoms with Crippen LogP contribution in [0.2, 0.25) is 0 Å². The third-order valence-electron chi connectivity index (χ3n) is 3.47. The summed E-state index contributed by atoms with van der Waals surface area (Å²) in [5.41, 5.74) is 9.89. The first-order valence-corrected chi connectivity index (χ1v) is 7.00. The third-order valence-corrected chi connectivity index (χ3v) is 4.24. The average Bonchev–Trinajstić information content (AvgIpc) is 2.77. The maximum absolute atomic E-state index is 13.4. The van der Waals surface area contributed by atoms with E-state index in [-0.39, 0.29) is 5.82 Å². The van der Waals surface area contributed by atoms with Crippen molar-refractivity contribution < 1.29 is 4.39 Å². The van der Waals surface area contributed by atoms with E-state index >= 15 is 0 Å². The number of hydrogen-bond donors (Lipinski definition) is 1. The van der Waals surface area contributed by atoms with Crippen LogP contribution in [-0.2, 0) is 13.0 Å². The molecule has 0 bridgehead atoms. The van der Waals surface area contributed by atoms with Gasteiger partial charge in [-0.2, -0.15) is 0 Å². The van der Waals surface area contributed by atoms with Crippen molar-refractivity contribution in [3.8, 4) is 0 Å². The van der Waals surface area contributed by atoms with Crippen LogP contribution in [0.15, 0.2) is 40.9 Å². The molecule has 1 aliphatic heterocycles. The van der Waals surface area contributed by atoms with Crippen molar-refractivity contribution in [2.75, 3.05) is 17.2 Å². The van der Waals surface area contributed by atoms with E-state index in [2.05, 4.69) is 20.8 Å². The second kappa shape index (κ2) is 4.85. The number of benzene rings is 2. The van der Waals surface area contributed by atoms with E-state index in [1.54, 1.807) is 6.07 Å². The van der Waals surface area contributed by atoms with Crippen LogP contribution in [0.3, 0.4) is 0 Å². The van der Waals surface area contributed by atoms with Gasteiger partial charge >= 0.3 is 0 Å². The van der Waals surface area contributed by atoms with Gasteiger partial charge in [0.1, 0.15) is 5.82 Å². The third kappa shape index (κ3) is 2.45. The zero-order valence-electron chi connectivity index (χ0n) is 10.4. The van der Waals surface area contributed by atoms with Gasteiger partial charge in [0.05, 0.1) is 0 Å². The fraction of sp³-hybridized carbons (Fsp3) is 0.200. The summed E-state index contributed by atoms with van der Waals surface area (Å²) in [5.74, 6) is -0.183. The van der Waals surface area contributed by atoms with Gasteiger partial charge in [0.15, 0.2) is 0 Å². The average molecular weight is 321 g/mol. The second-order valence-electron chi connectivity index (χ2n) is 4.80. The maximum Gasteiger partial charge on any atom is 0.125 e. The van der Waals surface area contributed by atoms with E-state index in [1.807, 2.05) is 24.3 Å². The van der Waals surface area contributed by atoms with Gasteiger partial charge in [-0.1, -0.05) is 22.0 Å². The van der Waals surface area contributed by atoms with Crippen LogP contribution in [0, 0.1) is 5.82 Å². The molecule has 1 heterocycles. The standard InChI is InChI=1S/C15H14BrFN2/c16-14-4-3-13(18)7-11(14)9-19-6-5-10-1-2-12(17)8-15(10)19/h1-4,7-8H,5-6,9,18H2. The van der Waals surface area contributed by atoms with Crippen LogP contribution in [0.4, 0.5) is 15.8 Å². The summed E-state index contributed by atoms with van der Waals surface area (Å²) < 4.78 is 14.4. The number of fused-ring (bicyclic) bond motifs is 1. The van der Waals surface area contributed by atoms with E-state index in [9.17, 15) is 4.39 Å². The Bertz CT molecular complexity index is 628. The van der Waals surface area contributed by atoms with E-state index < -0.39 is 0 Å². The molecule has 0 aliphatic carbocycles. The number of nitrogen functional groups attached to an aromatic ring is 1. The zero-order chi connectivity index (χ0) is 13.4. The highest BCUT2D eigenvalue weighted by atomic mass is 79.9. The van der Waals surface area contributed by atoms with E-state index in [0.29, 0.717) is 0 Å². The van der Waals surface area contributed by atoms with Gasteiger partial charge in [-0.15, -0.1) is 0 Å². The molecule has 0 spiro atoms. The topological polar surface area (TPSA) is 29.3 Å². The van der Waals surface area contributed by atoms with Crippen molar-refractivity contribution in [2.24, 2.45) is 0 Å². The van der Waals surface area contributed by atoms with Crippen molar-refractivity contribution in [1.29, 1.82) is 0 Å². The highest BCUT2D eigenvalue weighted by molar-refractivity contribution is 9.10. The molecule has 0 amide bonds. The smallest absolute Gasteiger partial charge is 0.125 e. The van der Waals surface area contributed by atoms with E-state index in [0.717, 1.165) is 40.9 Å². The minimum Gasteiger partial charge on any atom is -0.399 e. The van der Waals surface area contributed by atoms with Crippen LogP contribution in [0.25, 0.3) is 0 Å². The minimum atomic E-state index is -0.183. The molecule has 1 aliphatic rings. The lowest BCUT2D eigenvalue weighted by atomic mass is 10.1. The van der Waals surface area contributed by atoms with Crippen molar-refractivity contribution >= 4 is 27.3 Å². The SMILES string of the molecule is Nc1ccc(Br)c(CN2CCc3ccc(F)cc32)c1. The summed E-state index contributed by atoms with van der Waals surface area (Å²) in [6.45, 7) is 1.65. The molecule has 0 saturated carbocycles. The number of nitrogens with two attached hydrogens (primary N) is 1. The summed E-state index contributed by atoms with van der Waals surface area (Å²) >= 11 is 3.54. The molecule has 3 rings (SSSR count). The molecule has 2 aromatic rings. The molecule has 2 aromatic carbocycles. The van der Waals surface area contributed by atoms with Gasteiger partial charge in [-0.25, -0.2) is 4.39 Å². The second-order valence-corrected chi connectivity index (χ2v) is 5.65. The Hall–Kier alpha value is -1.55. The molecule has 0 radical (unpaired) electrons. The molecule has 4 heteroatoms. The minimum absolute atomic E-state index is 0.183. The number of rotatable bonds is 2. The summed E-state index contributed by atoms with van der Waals surface area (Å²) in [5, 5.41) is 0. The molecule has 0 aromatic heterocycles. The van der Waals surface area contributed by atoms with Gasteiger partial charge < -0.3 is 10.6 Å². The van der Waals surface area contributed by atoms with Crippen LogP contribution < -0.4 is 10.6 Å². The van der Waals surface area contributed by atoms with Gasteiger partial charge in [0.25, 0.3) is 0 Å².